The third kappa shape index (κ3) is 8.90. The number of cyclic esters (lactones) is 1. The van der Waals surface area contributed by atoms with Gasteiger partial charge in [-0.2, -0.15) is 0 Å². The molecule has 1 amide bonds. The Hall–Kier alpha value is -2.08. The number of benzene rings is 1. The van der Waals surface area contributed by atoms with E-state index in [-0.39, 0.29) is 29.4 Å². The van der Waals surface area contributed by atoms with E-state index in [2.05, 4.69) is 19.2 Å². The highest BCUT2D eigenvalue weighted by Crippen LogP contribution is 2.33. The molecule has 2 rings (SSSR count). The Bertz CT molecular complexity index is 710. The van der Waals surface area contributed by atoms with Gasteiger partial charge in [0.1, 0.15) is 11.7 Å². The third-order valence-electron chi connectivity index (χ3n) is 5.57. The average Bonchev–Trinajstić information content (AvgIpc) is 3.05. The fraction of sp³-hybridized carbons (Fsp3) is 0.680. The Labute approximate surface area is 187 Å². The minimum atomic E-state index is -0.590. The molecule has 0 aliphatic carbocycles. The first-order chi connectivity index (χ1) is 14.5. The van der Waals surface area contributed by atoms with Gasteiger partial charge in [0.2, 0.25) is 0 Å². The summed E-state index contributed by atoms with van der Waals surface area (Å²) in [6.45, 7) is 13.0. The first-order valence-electron chi connectivity index (χ1n) is 11.3. The van der Waals surface area contributed by atoms with Gasteiger partial charge < -0.3 is 19.5 Å². The number of rotatable bonds is 10. The molecule has 1 aromatic rings. The van der Waals surface area contributed by atoms with Gasteiger partial charge in [-0.15, -0.1) is 0 Å². The SMILES string of the molecule is CC[C@@H]1C[C@@H]([C@H](CC(C)(C)CCOCc2ccccc2)NC(=O)OC(C)(C)C)OC1=O. The normalized spacial score (nSPS) is 20.3. The number of nitrogens with one attached hydrogen (secondary N) is 1. The van der Waals surface area contributed by atoms with Crippen molar-refractivity contribution in [3.63, 3.8) is 0 Å². The van der Waals surface area contributed by atoms with Gasteiger partial charge in [-0.05, 0) is 57.4 Å². The van der Waals surface area contributed by atoms with Gasteiger partial charge in [0, 0.05) is 6.61 Å². The summed E-state index contributed by atoms with van der Waals surface area (Å²) >= 11 is 0. The standard InChI is InChI=1S/C25H39NO5/c1-7-19-15-21(30-22(19)27)20(26-23(28)31-24(2,3)4)16-25(5,6)13-14-29-17-18-11-9-8-10-12-18/h8-12,19-21H,7,13-17H2,1-6H3,(H,26,28)/t19-,20+,21+/m1/s1. The van der Waals surface area contributed by atoms with Gasteiger partial charge in [0.25, 0.3) is 0 Å². The van der Waals surface area contributed by atoms with E-state index in [4.69, 9.17) is 14.2 Å². The highest BCUT2D eigenvalue weighted by atomic mass is 16.6. The van der Waals surface area contributed by atoms with Crippen LogP contribution in [-0.4, -0.2) is 36.4 Å². The molecule has 6 nitrogen and oxygen atoms in total. The summed E-state index contributed by atoms with van der Waals surface area (Å²) in [7, 11) is 0. The molecule has 0 radical (unpaired) electrons. The highest BCUT2D eigenvalue weighted by molar-refractivity contribution is 5.75. The predicted molar refractivity (Wildman–Crippen MR) is 121 cm³/mol. The quantitative estimate of drug-likeness (QED) is 0.403. The Balaban J connectivity index is 1.95. The lowest BCUT2D eigenvalue weighted by Crippen LogP contribution is -2.47. The van der Waals surface area contributed by atoms with E-state index in [1.807, 2.05) is 58.0 Å². The summed E-state index contributed by atoms with van der Waals surface area (Å²) in [6.07, 6.45) is 2.03. The van der Waals surface area contributed by atoms with E-state index in [0.717, 1.165) is 18.4 Å². The van der Waals surface area contributed by atoms with E-state index in [0.29, 0.717) is 26.1 Å². The monoisotopic (exact) mass is 433 g/mol. The number of ether oxygens (including phenoxy) is 3. The van der Waals surface area contributed by atoms with Crippen LogP contribution in [0.1, 0.15) is 72.8 Å². The number of carbonyl (C=O) groups is 2. The van der Waals surface area contributed by atoms with Crippen LogP contribution in [0.25, 0.3) is 0 Å². The largest absolute Gasteiger partial charge is 0.460 e. The Kier molecular flexibility index (Phi) is 8.92. The molecular weight excluding hydrogens is 394 g/mol. The number of carbonyl (C=O) groups excluding carboxylic acids is 2. The number of amides is 1. The molecule has 174 valence electrons. The van der Waals surface area contributed by atoms with Crippen molar-refractivity contribution in [3.05, 3.63) is 35.9 Å². The zero-order valence-corrected chi connectivity index (χ0v) is 19.9. The summed E-state index contributed by atoms with van der Waals surface area (Å²) in [6, 6.07) is 9.78. The van der Waals surface area contributed by atoms with E-state index in [9.17, 15) is 9.59 Å². The zero-order valence-electron chi connectivity index (χ0n) is 19.9. The van der Waals surface area contributed by atoms with Gasteiger partial charge in [-0.3, -0.25) is 4.79 Å². The second kappa shape index (κ2) is 11.0. The molecule has 1 heterocycles. The van der Waals surface area contributed by atoms with Crippen molar-refractivity contribution in [1.82, 2.24) is 5.32 Å². The van der Waals surface area contributed by atoms with Gasteiger partial charge in [-0.25, -0.2) is 4.79 Å². The highest BCUT2D eigenvalue weighted by Gasteiger charge is 2.41. The molecule has 3 atom stereocenters. The van der Waals surface area contributed by atoms with Crippen LogP contribution in [0.3, 0.4) is 0 Å². The van der Waals surface area contributed by atoms with Crippen molar-refractivity contribution in [1.29, 1.82) is 0 Å². The minimum Gasteiger partial charge on any atom is -0.460 e. The van der Waals surface area contributed by atoms with Crippen molar-refractivity contribution in [3.8, 4) is 0 Å². The molecule has 0 bridgehead atoms. The maximum absolute atomic E-state index is 12.5. The van der Waals surface area contributed by atoms with Crippen LogP contribution in [0, 0.1) is 11.3 Å². The summed E-state index contributed by atoms with van der Waals surface area (Å²) in [5.41, 5.74) is 0.439. The first kappa shape index (κ1) is 25.2. The topological polar surface area (TPSA) is 73.9 Å². The van der Waals surface area contributed by atoms with Gasteiger partial charge in [-0.1, -0.05) is 51.1 Å². The molecule has 6 heteroatoms. The second-order valence-corrected chi connectivity index (χ2v) is 10.2. The van der Waals surface area contributed by atoms with E-state index in [1.54, 1.807) is 0 Å². The smallest absolute Gasteiger partial charge is 0.408 e. The zero-order chi connectivity index (χ0) is 23.1. The fourth-order valence-electron chi connectivity index (χ4n) is 3.79. The Morgan fingerprint density at radius 1 is 1.19 bits per heavy atom. The maximum atomic E-state index is 12.5. The summed E-state index contributed by atoms with van der Waals surface area (Å²) in [5, 5.41) is 2.97. The van der Waals surface area contributed by atoms with Crippen LogP contribution in [0.2, 0.25) is 0 Å². The molecular formula is C25H39NO5. The molecule has 1 aliphatic heterocycles. The molecule has 0 spiro atoms. The second-order valence-electron chi connectivity index (χ2n) is 10.2. The third-order valence-corrected chi connectivity index (χ3v) is 5.57. The van der Waals surface area contributed by atoms with Crippen molar-refractivity contribution in [2.45, 2.75) is 91.6 Å². The van der Waals surface area contributed by atoms with Crippen LogP contribution in [0.5, 0.6) is 0 Å². The molecule has 0 unspecified atom stereocenters. The van der Waals surface area contributed by atoms with E-state index >= 15 is 0 Å². The number of hydrogen-bond acceptors (Lipinski definition) is 5. The molecule has 1 saturated heterocycles. The summed E-state index contributed by atoms with van der Waals surface area (Å²) < 4.78 is 17.0. The molecule has 0 saturated carbocycles. The van der Waals surface area contributed by atoms with E-state index in [1.165, 1.54) is 0 Å². The average molecular weight is 434 g/mol. The number of esters is 1. The van der Waals surface area contributed by atoms with Crippen molar-refractivity contribution in [2.24, 2.45) is 11.3 Å². The molecule has 0 aromatic heterocycles. The van der Waals surface area contributed by atoms with Gasteiger partial charge in [0.15, 0.2) is 0 Å². The van der Waals surface area contributed by atoms with Gasteiger partial charge in [0.05, 0.1) is 18.6 Å². The molecule has 1 N–H and O–H groups in total. The predicted octanol–water partition coefficient (Wildman–Crippen LogP) is 5.24. The van der Waals surface area contributed by atoms with Crippen LogP contribution >= 0.6 is 0 Å². The molecule has 1 fully saturated rings. The van der Waals surface area contributed by atoms with Gasteiger partial charge >= 0.3 is 12.1 Å². The minimum absolute atomic E-state index is 0.106. The first-order valence-corrected chi connectivity index (χ1v) is 11.3. The van der Waals surface area contributed by atoms with Crippen molar-refractivity contribution in [2.75, 3.05) is 6.61 Å². The van der Waals surface area contributed by atoms with Crippen molar-refractivity contribution >= 4 is 12.1 Å². The Morgan fingerprint density at radius 3 is 2.45 bits per heavy atom. The van der Waals surface area contributed by atoms with Crippen LogP contribution in [0.4, 0.5) is 4.79 Å². The van der Waals surface area contributed by atoms with Crippen LogP contribution in [-0.2, 0) is 25.6 Å². The summed E-state index contributed by atoms with van der Waals surface area (Å²) in [4.78, 5) is 24.6. The lowest BCUT2D eigenvalue weighted by molar-refractivity contribution is -0.145. The number of alkyl carbamates (subject to hydrolysis) is 1. The molecule has 1 aliphatic rings. The molecule has 31 heavy (non-hydrogen) atoms. The van der Waals surface area contributed by atoms with Crippen molar-refractivity contribution < 1.29 is 23.8 Å². The fourth-order valence-corrected chi connectivity index (χ4v) is 3.79. The van der Waals surface area contributed by atoms with Crippen LogP contribution in [0.15, 0.2) is 30.3 Å². The maximum Gasteiger partial charge on any atom is 0.408 e. The molecule has 1 aromatic carbocycles. The lowest BCUT2D eigenvalue weighted by atomic mass is 9.80. The van der Waals surface area contributed by atoms with Crippen LogP contribution < -0.4 is 5.32 Å². The Morgan fingerprint density at radius 2 is 1.87 bits per heavy atom. The summed E-state index contributed by atoms with van der Waals surface area (Å²) in [5.74, 6) is -0.280. The lowest BCUT2D eigenvalue weighted by Gasteiger charge is -2.33. The van der Waals surface area contributed by atoms with E-state index < -0.39 is 11.7 Å². The number of hydrogen-bond donors (Lipinski definition) is 1.